The number of nitrogens with one attached hydrogen (secondary N) is 1. The molecule has 0 aromatic heterocycles. The first-order chi connectivity index (χ1) is 9.78. The van der Waals surface area contributed by atoms with E-state index in [0.29, 0.717) is 6.10 Å². The summed E-state index contributed by atoms with van der Waals surface area (Å²) in [6.45, 7) is 7.76. The zero-order chi connectivity index (χ0) is 14.2. The van der Waals surface area contributed by atoms with E-state index in [-0.39, 0.29) is 0 Å². The van der Waals surface area contributed by atoms with E-state index >= 15 is 0 Å². The molecule has 0 saturated carbocycles. The van der Waals surface area contributed by atoms with Crippen LogP contribution in [0.3, 0.4) is 0 Å². The maximum absolute atomic E-state index is 5.78. The number of benzene rings is 1. The number of morpholine rings is 1. The van der Waals surface area contributed by atoms with Gasteiger partial charge in [-0.25, -0.2) is 0 Å². The lowest BCUT2D eigenvalue weighted by Gasteiger charge is -2.32. The predicted octanol–water partition coefficient (Wildman–Crippen LogP) is 1.68. The molecule has 4 heteroatoms. The zero-order valence-corrected chi connectivity index (χ0v) is 12.6. The minimum atomic E-state index is 0.325. The van der Waals surface area contributed by atoms with E-state index in [4.69, 9.17) is 9.47 Å². The van der Waals surface area contributed by atoms with Crippen LogP contribution in [-0.2, 0) is 4.74 Å². The summed E-state index contributed by atoms with van der Waals surface area (Å²) in [6, 6.07) is 8.22. The topological polar surface area (TPSA) is 33.7 Å². The number of ether oxygens (including phenoxy) is 2. The summed E-state index contributed by atoms with van der Waals surface area (Å²) in [5.74, 6) is 0.972. The highest BCUT2D eigenvalue weighted by molar-refractivity contribution is 5.27. The van der Waals surface area contributed by atoms with Gasteiger partial charge in [-0.3, -0.25) is 4.90 Å². The van der Waals surface area contributed by atoms with Crippen molar-refractivity contribution in [3.05, 3.63) is 29.8 Å². The van der Waals surface area contributed by atoms with Gasteiger partial charge in [-0.2, -0.15) is 0 Å². The van der Waals surface area contributed by atoms with E-state index in [1.807, 2.05) is 19.2 Å². The van der Waals surface area contributed by atoms with Crippen molar-refractivity contribution >= 4 is 0 Å². The second-order valence-electron chi connectivity index (χ2n) is 5.37. The number of nitrogens with zero attached hydrogens (tertiary/aromatic N) is 1. The molecule has 0 spiro atoms. The average Bonchev–Trinajstić information content (AvgIpc) is 2.45. The van der Waals surface area contributed by atoms with Crippen molar-refractivity contribution in [3.63, 3.8) is 0 Å². The Bertz CT molecular complexity index is 396. The summed E-state index contributed by atoms with van der Waals surface area (Å²) in [5.41, 5.74) is 1.24. The van der Waals surface area contributed by atoms with Gasteiger partial charge in [0, 0.05) is 26.2 Å². The van der Waals surface area contributed by atoms with Gasteiger partial charge < -0.3 is 14.8 Å². The molecule has 0 radical (unpaired) electrons. The summed E-state index contributed by atoms with van der Waals surface area (Å²) in [7, 11) is 1.97. The summed E-state index contributed by atoms with van der Waals surface area (Å²) in [5, 5.41) is 3.18. The van der Waals surface area contributed by atoms with E-state index in [2.05, 4.69) is 29.3 Å². The quantitative estimate of drug-likeness (QED) is 0.770. The van der Waals surface area contributed by atoms with Crippen molar-refractivity contribution < 1.29 is 9.47 Å². The van der Waals surface area contributed by atoms with Gasteiger partial charge in [0.2, 0.25) is 0 Å². The highest BCUT2D eigenvalue weighted by Gasteiger charge is 2.19. The second kappa shape index (κ2) is 8.25. The Morgan fingerprint density at radius 1 is 1.45 bits per heavy atom. The molecule has 4 nitrogen and oxygen atoms in total. The molecule has 1 fully saturated rings. The molecule has 1 saturated heterocycles. The van der Waals surface area contributed by atoms with Gasteiger partial charge in [-0.15, -0.1) is 0 Å². The van der Waals surface area contributed by atoms with Crippen LogP contribution in [0.15, 0.2) is 24.3 Å². The molecule has 112 valence electrons. The fraction of sp³-hybridized carbons (Fsp3) is 0.625. The number of aryl methyl sites for hydroxylation is 1. The third kappa shape index (κ3) is 5.12. The van der Waals surface area contributed by atoms with Gasteiger partial charge >= 0.3 is 0 Å². The Labute approximate surface area is 122 Å². The largest absolute Gasteiger partial charge is 0.494 e. The van der Waals surface area contributed by atoms with Gasteiger partial charge in [0.1, 0.15) is 5.75 Å². The van der Waals surface area contributed by atoms with Crippen molar-refractivity contribution in [1.29, 1.82) is 0 Å². The Kier molecular flexibility index (Phi) is 6.30. The van der Waals surface area contributed by atoms with E-state index in [1.54, 1.807) is 0 Å². The molecule has 1 aliphatic heterocycles. The zero-order valence-electron chi connectivity index (χ0n) is 12.6. The van der Waals surface area contributed by atoms with Crippen molar-refractivity contribution in [3.8, 4) is 5.75 Å². The first-order valence-corrected chi connectivity index (χ1v) is 7.46. The van der Waals surface area contributed by atoms with Crippen LogP contribution >= 0.6 is 0 Å². The summed E-state index contributed by atoms with van der Waals surface area (Å²) in [6.07, 6.45) is 1.38. The van der Waals surface area contributed by atoms with Crippen molar-refractivity contribution in [2.45, 2.75) is 19.4 Å². The summed E-state index contributed by atoms with van der Waals surface area (Å²) < 4.78 is 11.5. The number of hydrogen-bond acceptors (Lipinski definition) is 4. The molecule has 0 amide bonds. The van der Waals surface area contributed by atoms with Gasteiger partial charge in [0.25, 0.3) is 0 Å². The van der Waals surface area contributed by atoms with Crippen LogP contribution in [0.5, 0.6) is 5.75 Å². The monoisotopic (exact) mass is 278 g/mol. The fourth-order valence-corrected chi connectivity index (χ4v) is 2.52. The standard InChI is InChI=1S/C16H26N2O2/c1-14-5-3-6-15(11-14)19-9-4-7-18-8-10-20-16(13-18)12-17-2/h3,5-6,11,16-17H,4,7-10,12-13H2,1-2H3. The molecule has 1 atom stereocenters. The minimum Gasteiger partial charge on any atom is -0.494 e. The van der Waals surface area contributed by atoms with E-state index < -0.39 is 0 Å². The van der Waals surface area contributed by atoms with Crippen LogP contribution in [0, 0.1) is 6.92 Å². The number of rotatable bonds is 7. The van der Waals surface area contributed by atoms with Gasteiger partial charge in [0.15, 0.2) is 0 Å². The Morgan fingerprint density at radius 2 is 2.35 bits per heavy atom. The average molecular weight is 278 g/mol. The van der Waals surface area contributed by atoms with Crippen LogP contribution in [0.2, 0.25) is 0 Å². The SMILES string of the molecule is CNCC1CN(CCCOc2cccc(C)c2)CCO1. The molecule has 1 aromatic rings. The van der Waals surface area contributed by atoms with Gasteiger partial charge in [-0.1, -0.05) is 12.1 Å². The molecule has 2 rings (SSSR count). The lowest BCUT2D eigenvalue weighted by Crippen LogP contribution is -2.46. The van der Waals surface area contributed by atoms with Crippen LogP contribution < -0.4 is 10.1 Å². The highest BCUT2D eigenvalue weighted by atomic mass is 16.5. The lowest BCUT2D eigenvalue weighted by molar-refractivity contribution is -0.0272. The minimum absolute atomic E-state index is 0.325. The van der Waals surface area contributed by atoms with E-state index in [1.165, 1.54) is 5.56 Å². The molecule has 1 N–H and O–H groups in total. The predicted molar refractivity (Wildman–Crippen MR) is 81.4 cm³/mol. The maximum Gasteiger partial charge on any atom is 0.119 e. The van der Waals surface area contributed by atoms with Crippen molar-refractivity contribution in [1.82, 2.24) is 10.2 Å². The summed E-state index contributed by atoms with van der Waals surface area (Å²) in [4.78, 5) is 2.46. The molecule has 1 heterocycles. The van der Waals surface area contributed by atoms with E-state index in [0.717, 1.165) is 51.6 Å². The fourth-order valence-electron chi connectivity index (χ4n) is 2.52. The van der Waals surface area contributed by atoms with Crippen LogP contribution in [0.25, 0.3) is 0 Å². The normalized spacial score (nSPS) is 20.0. The highest BCUT2D eigenvalue weighted by Crippen LogP contribution is 2.12. The third-order valence-corrected chi connectivity index (χ3v) is 3.53. The molecular formula is C16H26N2O2. The van der Waals surface area contributed by atoms with Crippen LogP contribution in [0.4, 0.5) is 0 Å². The molecule has 0 bridgehead atoms. The molecule has 0 aliphatic carbocycles. The van der Waals surface area contributed by atoms with Crippen LogP contribution in [0.1, 0.15) is 12.0 Å². The summed E-state index contributed by atoms with van der Waals surface area (Å²) >= 11 is 0. The van der Waals surface area contributed by atoms with Crippen molar-refractivity contribution in [2.24, 2.45) is 0 Å². The molecule has 1 unspecified atom stereocenters. The molecule has 1 aromatic carbocycles. The maximum atomic E-state index is 5.78. The van der Waals surface area contributed by atoms with Gasteiger partial charge in [0.05, 0.1) is 19.3 Å². The lowest BCUT2D eigenvalue weighted by atomic mass is 10.2. The molecule has 1 aliphatic rings. The third-order valence-electron chi connectivity index (χ3n) is 3.53. The number of likely N-dealkylation sites (N-methyl/N-ethyl adjacent to an activating group) is 1. The first-order valence-electron chi connectivity index (χ1n) is 7.46. The van der Waals surface area contributed by atoms with Crippen LogP contribution in [-0.4, -0.2) is 57.4 Å². The molecule has 20 heavy (non-hydrogen) atoms. The van der Waals surface area contributed by atoms with E-state index in [9.17, 15) is 0 Å². The Balaban J connectivity index is 1.63. The Hall–Kier alpha value is -1.10. The number of hydrogen-bond donors (Lipinski definition) is 1. The Morgan fingerprint density at radius 3 is 3.15 bits per heavy atom. The second-order valence-corrected chi connectivity index (χ2v) is 5.37. The first kappa shape index (κ1) is 15.3. The van der Waals surface area contributed by atoms with Gasteiger partial charge in [-0.05, 0) is 38.1 Å². The smallest absolute Gasteiger partial charge is 0.119 e. The van der Waals surface area contributed by atoms with Crippen molar-refractivity contribution in [2.75, 3.05) is 46.4 Å². The molecular weight excluding hydrogens is 252 g/mol.